The average Bonchev–Trinajstić information content (AvgIpc) is 3.09. The van der Waals surface area contributed by atoms with Gasteiger partial charge in [-0.25, -0.2) is 14.4 Å². The van der Waals surface area contributed by atoms with Gasteiger partial charge in [-0.1, -0.05) is 12.1 Å². The number of nitrogens with zero attached hydrogens (tertiary/aromatic N) is 3. The fraction of sp³-hybridized carbons (Fsp3) is 0.222. The zero-order valence-electron chi connectivity index (χ0n) is 14.5. The number of halogens is 1. The third-order valence-electron chi connectivity index (χ3n) is 3.74. The van der Waals surface area contributed by atoms with Gasteiger partial charge in [0.25, 0.3) is 5.91 Å². The molecule has 0 aliphatic heterocycles. The first-order chi connectivity index (χ1) is 12.3. The van der Waals surface area contributed by atoms with E-state index in [1.165, 1.54) is 24.5 Å². The molecule has 0 aliphatic rings. The molecule has 0 unspecified atom stereocenters. The molecular weight excluding hydrogens is 335 g/mol. The minimum atomic E-state index is -0.614. The highest BCUT2D eigenvalue weighted by Crippen LogP contribution is 2.16. The topological polar surface area (TPSA) is 110 Å². The molecule has 0 bridgehead atoms. The maximum Gasteiger partial charge on any atom is 0.276 e. The number of hydrogen-bond donors (Lipinski definition) is 3. The van der Waals surface area contributed by atoms with Crippen molar-refractivity contribution in [1.29, 1.82) is 0 Å². The number of aromatic amines is 1. The fourth-order valence-electron chi connectivity index (χ4n) is 2.26. The highest BCUT2D eigenvalue weighted by Gasteiger charge is 2.19. The van der Waals surface area contributed by atoms with E-state index in [1.807, 2.05) is 13.8 Å². The molecule has 2 aromatic heterocycles. The van der Waals surface area contributed by atoms with Gasteiger partial charge in [0.15, 0.2) is 5.69 Å². The number of nitrogens with two attached hydrogens (primary N) is 1. The van der Waals surface area contributed by atoms with Crippen LogP contribution >= 0.6 is 0 Å². The molecule has 0 aliphatic carbocycles. The van der Waals surface area contributed by atoms with E-state index in [2.05, 4.69) is 25.5 Å². The second-order valence-corrected chi connectivity index (χ2v) is 6.53. The Morgan fingerprint density at radius 1 is 1.23 bits per heavy atom. The van der Waals surface area contributed by atoms with E-state index in [9.17, 15) is 9.18 Å². The van der Waals surface area contributed by atoms with Crippen molar-refractivity contribution >= 4 is 11.6 Å². The third-order valence-corrected chi connectivity index (χ3v) is 3.74. The van der Waals surface area contributed by atoms with Gasteiger partial charge in [-0.2, -0.15) is 5.10 Å². The Bertz CT molecular complexity index is 897. The second kappa shape index (κ2) is 7.01. The Labute approximate surface area is 149 Å². The van der Waals surface area contributed by atoms with Crippen molar-refractivity contribution in [3.05, 3.63) is 71.3 Å². The monoisotopic (exact) mass is 354 g/mol. The molecule has 3 rings (SSSR count). The predicted octanol–water partition coefficient (Wildman–Crippen LogP) is 2.38. The summed E-state index contributed by atoms with van der Waals surface area (Å²) >= 11 is 0. The van der Waals surface area contributed by atoms with Gasteiger partial charge in [0.05, 0.1) is 29.3 Å². The molecule has 0 saturated carbocycles. The Morgan fingerprint density at radius 3 is 2.46 bits per heavy atom. The van der Waals surface area contributed by atoms with Crippen LogP contribution in [0.2, 0.25) is 0 Å². The smallest absolute Gasteiger partial charge is 0.276 e. The number of benzene rings is 1. The lowest BCUT2D eigenvalue weighted by molar-refractivity contribution is 0.102. The van der Waals surface area contributed by atoms with Crippen LogP contribution in [0.3, 0.4) is 0 Å². The highest BCUT2D eigenvalue weighted by molar-refractivity contribution is 6.02. The van der Waals surface area contributed by atoms with Crippen molar-refractivity contribution in [2.75, 3.05) is 5.32 Å². The molecular formula is C18H19FN6O. The van der Waals surface area contributed by atoms with Gasteiger partial charge in [-0.3, -0.25) is 9.89 Å². The quantitative estimate of drug-likeness (QED) is 0.652. The standard InChI is InChI=1S/C18H19FN6O/c1-18(2,20)15-8-14(24-25-15)17(26)23-13-9-21-16(22-10-13)7-11-3-5-12(19)6-4-11/h3-6,8-10H,7,20H2,1-2H3,(H,23,26)(H,24,25). The van der Waals surface area contributed by atoms with Crippen LogP contribution in [0.4, 0.5) is 10.1 Å². The van der Waals surface area contributed by atoms with E-state index in [1.54, 1.807) is 18.2 Å². The Hall–Kier alpha value is -3.13. The molecule has 0 saturated heterocycles. The van der Waals surface area contributed by atoms with E-state index >= 15 is 0 Å². The number of anilines is 1. The van der Waals surface area contributed by atoms with Gasteiger partial charge >= 0.3 is 0 Å². The lowest BCUT2D eigenvalue weighted by Gasteiger charge is -2.14. The van der Waals surface area contributed by atoms with Crippen LogP contribution in [0.15, 0.2) is 42.7 Å². The Balaban J connectivity index is 1.64. The predicted molar refractivity (Wildman–Crippen MR) is 95.0 cm³/mol. The number of amides is 1. The summed E-state index contributed by atoms with van der Waals surface area (Å²) < 4.78 is 12.9. The first-order valence-electron chi connectivity index (χ1n) is 8.03. The number of rotatable bonds is 5. The highest BCUT2D eigenvalue weighted by atomic mass is 19.1. The molecule has 0 spiro atoms. The molecule has 3 aromatic rings. The molecule has 134 valence electrons. The number of nitrogens with one attached hydrogen (secondary N) is 2. The van der Waals surface area contributed by atoms with Crippen LogP contribution in [0, 0.1) is 5.82 Å². The summed E-state index contributed by atoms with van der Waals surface area (Å²) in [4.78, 5) is 20.7. The van der Waals surface area contributed by atoms with E-state index in [0.717, 1.165) is 5.56 Å². The van der Waals surface area contributed by atoms with Gasteiger partial charge in [0.1, 0.15) is 11.6 Å². The van der Waals surface area contributed by atoms with Gasteiger partial charge in [-0.15, -0.1) is 0 Å². The van der Waals surface area contributed by atoms with Crippen LogP contribution in [0.25, 0.3) is 0 Å². The molecule has 2 heterocycles. The summed E-state index contributed by atoms with van der Waals surface area (Å²) in [6.07, 6.45) is 3.51. The maximum absolute atomic E-state index is 12.9. The van der Waals surface area contributed by atoms with Crippen molar-refractivity contribution in [2.45, 2.75) is 25.8 Å². The average molecular weight is 354 g/mol. The molecule has 1 amide bonds. The number of carbonyl (C=O) groups is 1. The van der Waals surface area contributed by atoms with Crippen molar-refractivity contribution in [1.82, 2.24) is 20.2 Å². The fourth-order valence-corrected chi connectivity index (χ4v) is 2.26. The number of aromatic nitrogens is 4. The molecule has 1 aromatic carbocycles. The summed E-state index contributed by atoms with van der Waals surface area (Å²) in [6, 6.07) is 7.76. The number of carbonyl (C=O) groups excluding carboxylic acids is 1. The first kappa shape index (κ1) is 17.7. The molecule has 7 nitrogen and oxygen atoms in total. The van der Waals surface area contributed by atoms with E-state index in [0.29, 0.717) is 23.6 Å². The van der Waals surface area contributed by atoms with Gasteiger partial charge in [0, 0.05) is 6.42 Å². The van der Waals surface area contributed by atoms with Gasteiger partial charge < -0.3 is 11.1 Å². The van der Waals surface area contributed by atoms with Crippen LogP contribution in [0.5, 0.6) is 0 Å². The molecule has 4 N–H and O–H groups in total. The summed E-state index contributed by atoms with van der Waals surface area (Å²) in [7, 11) is 0. The minimum absolute atomic E-state index is 0.230. The van der Waals surface area contributed by atoms with E-state index < -0.39 is 5.54 Å². The molecule has 8 heteroatoms. The lowest BCUT2D eigenvalue weighted by Crippen LogP contribution is -2.29. The first-order valence-corrected chi connectivity index (χ1v) is 8.03. The second-order valence-electron chi connectivity index (χ2n) is 6.53. The van der Waals surface area contributed by atoms with E-state index in [4.69, 9.17) is 5.73 Å². The maximum atomic E-state index is 12.9. The van der Waals surface area contributed by atoms with Gasteiger partial charge in [0.2, 0.25) is 0 Å². The Morgan fingerprint density at radius 2 is 1.88 bits per heavy atom. The largest absolute Gasteiger partial charge is 0.321 e. The normalized spacial score (nSPS) is 11.4. The van der Waals surface area contributed by atoms with Crippen LogP contribution < -0.4 is 11.1 Å². The third kappa shape index (κ3) is 4.28. The summed E-state index contributed by atoms with van der Waals surface area (Å²) in [5.74, 6) is -0.0968. The van der Waals surface area contributed by atoms with Crippen molar-refractivity contribution < 1.29 is 9.18 Å². The molecule has 0 atom stereocenters. The molecule has 26 heavy (non-hydrogen) atoms. The zero-order chi connectivity index (χ0) is 18.7. The zero-order valence-corrected chi connectivity index (χ0v) is 14.5. The van der Waals surface area contributed by atoms with Crippen LogP contribution in [-0.4, -0.2) is 26.1 Å². The van der Waals surface area contributed by atoms with Crippen LogP contribution in [0.1, 0.15) is 41.4 Å². The van der Waals surface area contributed by atoms with Crippen LogP contribution in [-0.2, 0) is 12.0 Å². The van der Waals surface area contributed by atoms with Crippen molar-refractivity contribution in [2.24, 2.45) is 5.73 Å². The Kier molecular flexibility index (Phi) is 4.77. The lowest BCUT2D eigenvalue weighted by atomic mass is 10.0. The minimum Gasteiger partial charge on any atom is -0.321 e. The van der Waals surface area contributed by atoms with E-state index in [-0.39, 0.29) is 17.4 Å². The molecule has 0 fully saturated rings. The summed E-state index contributed by atoms with van der Waals surface area (Å²) in [6.45, 7) is 3.63. The summed E-state index contributed by atoms with van der Waals surface area (Å²) in [5.41, 5.74) is 7.60. The molecule has 0 radical (unpaired) electrons. The van der Waals surface area contributed by atoms with Gasteiger partial charge in [-0.05, 0) is 37.6 Å². The SMILES string of the molecule is CC(C)(N)c1cc(C(=O)Nc2cnc(Cc3ccc(F)cc3)nc2)n[nH]1. The number of hydrogen-bond acceptors (Lipinski definition) is 5. The van der Waals surface area contributed by atoms with Crippen molar-refractivity contribution in [3.63, 3.8) is 0 Å². The van der Waals surface area contributed by atoms with Crippen molar-refractivity contribution in [3.8, 4) is 0 Å². The number of H-pyrrole nitrogens is 1. The summed E-state index contributed by atoms with van der Waals surface area (Å²) in [5, 5.41) is 9.41.